The van der Waals surface area contributed by atoms with E-state index in [0.717, 1.165) is 23.2 Å². The zero-order chi connectivity index (χ0) is 19.6. The molecule has 2 aromatic rings. The van der Waals surface area contributed by atoms with Gasteiger partial charge in [0.1, 0.15) is 17.4 Å². The van der Waals surface area contributed by atoms with Crippen LogP contribution >= 0.6 is 11.8 Å². The molecule has 144 valence electrons. The maximum absolute atomic E-state index is 14.0. The summed E-state index contributed by atoms with van der Waals surface area (Å²) in [5, 5.41) is 10.3. The number of halogens is 1. The molecule has 2 unspecified atom stereocenters. The van der Waals surface area contributed by atoms with Crippen LogP contribution in [0.5, 0.6) is 0 Å². The van der Waals surface area contributed by atoms with Crippen LogP contribution in [0.1, 0.15) is 45.8 Å². The van der Waals surface area contributed by atoms with Crippen molar-refractivity contribution < 1.29 is 19.0 Å². The standard InChI is InChI=1S/C21H24FNO3S/c1-4-9-26-21(25)16-7-8-18(14(3)10-16)23-19(24)12-27-20(23)15-6-5-13(2)17(22)11-15/h5-8,10-11,19-20,24H,4,9,12H2,1-3H3. The molecule has 1 N–H and O–H groups in total. The first kappa shape index (κ1) is 19.7. The van der Waals surface area contributed by atoms with Crippen molar-refractivity contribution in [2.24, 2.45) is 0 Å². The van der Waals surface area contributed by atoms with Gasteiger partial charge in [-0.25, -0.2) is 9.18 Å². The molecule has 1 fully saturated rings. The number of hydrogen-bond donors (Lipinski definition) is 1. The third-order valence-electron chi connectivity index (χ3n) is 4.61. The van der Waals surface area contributed by atoms with Crippen molar-refractivity contribution in [3.8, 4) is 0 Å². The summed E-state index contributed by atoms with van der Waals surface area (Å²) in [6, 6.07) is 10.5. The third kappa shape index (κ3) is 4.12. The normalized spacial score (nSPS) is 19.4. The second-order valence-electron chi connectivity index (χ2n) is 6.72. The Kier molecular flexibility index (Phi) is 6.07. The van der Waals surface area contributed by atoms with Gasteiger partial charge < -0.3 is 14.7 Å². The van der Waals surface area contributed by atoms with Gasteiger partial charge in [-0.15, -0.1) is 11.8 Å². The number of nitrogens with zero attached hydrogens (tertiary/aromatic N) is 1. The largest absolute Gasteiger partial charge is 0.462 e. The lowest BCUT2D eigenvalue weighted by Gasteiger charge is -2.30. The molecule has 3 rings (SSSR count). The van der Waals surface area contributed by atoms with Crippen molar-refractivity contribution in [3.63, 3.8) is 0 Å². The molecule has 0 amide bonds. The molecule has 2 aromatic carbocycles. The van der Waals surface area contributed by atoms with Gasteiger partial charge in [0, 0.05) is 11.4 Å². The summed E-state index contributed by atoms with van der Waals surface area (Å²) in [5.74, 6) is -0.0694. The average Bonchev–Trinajstić information content (AvgIpc) is 3.03. The molecule has 1 aliphatic rings. The van der Waals surface area contributed by atoms with Crippen LogP contribution < -0.4 is 4.90 Å². The second kappa shape index (κ2) is 8.31. The molecule has 0 spiro atoms. The molecule has 6 heteroatoms. The van der Waals surface area contributed by atoms with Gasteiger partial charge >= 0.3 is 5.97 Å². The van der Waals surface area contributed by atoms with Crippen molar-refractivity contribution in [1.82, 2.24) is 0 Å². The number of ether oxygens (including phenoxy) is 1. The van der Waals surface area contributed by atoms with Gasteiger partial charge in [0.05, 0.1) is 12.2 Å². The van der Waals surface area contributed by atoms with E-state index < -0.39 is 6.23 Å². The smallest absolute Gasteiger partial charge is 0.338 e. The molecular formula is C21H24FNO3S. The zero-order valence-electron chi connectivity index (χ0n) is 15.7. The van der Waals surface area contributed by atoms with E-state index in [2.05, 4.69) is 0 Å². The molecule has 0 radical (unpaired) electrons. The lowest BCUT2D eigenvalue weighted by molar-refractivity contribution is 0.0505. The maximum atomic E-state index is 14.0. The average molecular weight is 389 g/mol. The fourth-order valence-corrected chi connectivity index (χ4v) is 4.42. The van der Waals surface area contributed by atoms with E-state index in [-0.39, 0.29) is 17.2 Å². The SMILES string of the molecule is CCCOC(=O)c1ccc(N2C(O)CSC2c2ccc(C)c(F)c2)c(C)c1. The van der Waals surface area contributed by atoms with Gasteiger partial charge in [-0.05, 0) is 61.2 Å². The van der Waals surface area contributed by atoms with Gasteiger partial charge in [0.2, 0.25) is 0 Å². The van der Waals surface area contributed by atoms with Crippen molar-refractivity contribution in [2.45, 2.75) is 38.8 Å². The maximum Gasteiger partial charge on any atom is 0.338 e. The number of benzene rings is 2. The number of rotatable bonds is 5. The molecular weight excluding hydrogens is 365 g/mol. The van der Waals surface area contributed by atoms with Crippen molar-refractivity contribution in [2.75, 3.05) is 17.3 Å². The molecule has 4 nitrogen and oxygen atoms in total. The van der Waals surface area contributed by atoms with Gasteiger partial charge in [0.15, 0.2) is 0 Å². The van der Waals surface area contributed by atoms with Crippen LogP contribution in [0.2, 0.25) is 0 Å². The van der Waals surface area contributed by atoms with Crippen LogP contribution in [0.4, 0.5) is 10.1 Å². The Morgan fingerprint density at radius 1 is 1.26 bits per heavy atom. The Labute approximate surface area is 163 Å². The number of thioether (sulfide) groups is 1. The number of hydrogen-bond acceptors (Lipinski definition) is 5. The summed E-state index contributed by atoms with van der Waals surface area (Å²) in [6.07, 6.45) is 0.0929. The van der Waals surface area contributed by atoms with E-state index in [0.29, 0.717) is 23.5 Å². The fraction of sp³-hybridized carbons (Fsp3) is 0.381. The minimum Gasteiger partial charge on any atom is -0.462 e. The molecule has 2 atom stereocenters. The molecule has 0 saturated carbocycles. The van der Waals surface area contributed by atoms with Crippen LogP contribution in [0.3, 0.4) is 0 Å². The molecule has 1 heterocycles. The Morgan fingerprint density at radius 2 is 2.04 bits per heavy atom. The summed E-state index contributed by atoms with van der Waals surface area (Å²) in [6.45, 7) is 5.97. The quantitative estimate of drug-likeness (QED) is 0.759. The monoisotopic (exact) mass is 389 g/mol. The highest BCUT2D eigenvalue weighted by Gasteiger charge is 2.35. The fourth-order valence-electron chi connectivity index (χ4n) is 3.15. The van der Waals surface area contributed by atoms with E-state index >= 15 is 0 Å². The van der Waals surface area contributed by atoms with Gasteiger partial charge in [0.25, 0.3) is 0 Å². The molecule has 0 aliphatic carbocycles. The van der Waals surface area contributed by atoms with E-state index in [4.69, 9.17) is 4.74 Å². The molecule has 27 heavy (non-hydrogen) atoms. The van der Waals surface area contributed by atoms with Crippen LogP contribution in [-0.4, -0.2) is 29.7 Å². The summed E-state index contributed by atoms with van der Waals surface area (Å²) < 4.78 is 19.2. The molecule has 0 aromatic heterocycles. The first-order valence-electron chi connectivity index (χ1n) is 9.04. The van der Waals surface area contributed by atoms with E-state index in [9.17, 15) is 14.3 Å². The highest BCUT2D eigenvalue weighted by molar-refractivity contribution is 7.99. The van der Waals surface area contributed by atoms with Crippen molar-refractivity contribution in [1.29, 1.82) is 0 Å². The lowest BCUT2D eigenvalue weighted by Crippen LogP contribution is -2.33. The van der Waals surface area contributed by atoms with Gasteiger partial charge in [-0.1, -0.05) is 19.1 Å². The molecule has 1 aliphatic heterocycles. The minimum absolute atomic E-state index is 0.188. The Balaban J connectivity index is 1.90. The number of aliphatic hydroxyl groups is 1. The lowest BCUT2D eigenvalue weighted by atomic mass is 10.1. The summed E-state index contributed by atoms with van der Waals surface area (Å²) in [7, 11) is 0. The number of esters is 1. The number of aryl methyl sites for hydroxylation is 2. The Morgan fingerprint density at radius 3 is 2.70 bits per heavy atom. The summed E-state index contributed by atoms with van der Waals surface area (Å²) in [5.41, 5.74) is 3.58. The molecule has 0 bridgehead atoms. The summed E-state index contributed by atoms with van der Waals surface area (Å²) >= 11 is 1.57. The highest BCUT2D eigenvalue weighted by Crippen LogP contribution is 2.44. The Hall–Kier alpha value is -2.05. The predicted molar refractivity (Wildman–Crippen MR) is 107 cm³/mol. The van der Waals surface area contributed by atoms with Crippen molar-refractivity contribution >= 4 is 23.4 Å². The van der Waals surface area contributed by atoms with Crippen LogP contribution in [-0.2, 0) is 4.74 Å². The number of carbonyl (C=O) groups excluding carboxylic acids is 1. The predicted octanol–water partition coefficient (Wildman–Crippen LogP) is 4.58. The van der Waals surface area contributed by atoms with Gasteiger partial charge in [-0.2, -0.15) is 0 Å². The second-order valence-corrected chi connectivity index (χ2v) is 7.83. The first-order valence-corrected chi connectivity index (χ1v) is 10.1. The topological polar surface area (TPSA) is 49.8 Å². The van der Waals surface area contributed by atoms with Crippen LogP contribution in [0.15, 0.2) is 36.4 Å². The van der Waals surface area contributed by atoms with E-state index in [1.54, 1.807) is 36.9 Å². The highest BCUT2D eigenvalue weighted by atomic mass is 32.2. The number of carbonyl (C=O) groups is 1. The minimum atomic E-state index is -0.680. The van der Waals surface area contributed by atoms with Crippen LogP contribution in [0.25, 0.3) is 0 Å². The number of anilines is 1. The van der Waals surface area contributed by atoms with E-state index in [1.807, 2.05) is 30.9 Å². The van der Waals surface area contributed by atoms with Crippen molar-refractivity contribution in [3.05, 3.63) is 64.5 Å². The van der Waals surface area contributed by atoms with E-state index in [1.165, 1.54) is 6.07 Å². The first-order chi connectivity index (χ1) is 12.9. The molecule has 1 saturated heterocycles. The van der Waals surface area contributed by atoms with Gasteiger partial charge in [-0.3, -0.25) is 0 Å². The number of aliphatic hydroxyl groups excluding tert-OH is 1. The Bertz CT molecular complexity index is 842. The third-order valence-corrected chi connectivity index (χ3v) is 5.91. The van der Waals surface area contributed by atoms with Crippen LogP contribution in [0, 0.1) is 19.7 Å². The zero-order valence-corrected chi connectivity index (χ0v) is 16.6. The summed E-state index contributed by atoms with van der Waals surface area (Å²) in [4.78, 5) is 14.0.